The Morgan fingerprint density at radius 1 is 1.44 bits per heavy atom. The third kappa shape index (κ3) is 1.69. The van der Waals surface area contributed by atoms with Gasteiger partial charge in [-0.15, -0.1) is 0 Å². The Morgan fingerprint density at radius 3 is 2.81 bits per heavy atom. The summed E-state index contributed by atoms with van der Waals surface area (Å²) in [5.74, 6) is -0.954. The lowest BCUT2D eigenvalue weighted by Gasteiger charge is -2.04. The molecule has 1 heterocycles. The van der Waals surface area contributed by atoms with E-state index in [4.69, 9.17) is 5.11 Å². The number of hydrogen-bond acceptors (Lipinski definition) is 2. The molecule has 0 spiro atoms. The van der Waals surface area contributed by atoms with Crippen molar-refractivity contribution in [1.82, 2.24) is 9.78 Å². The topological polar surface area (TPSA) is 55.1 Å². The second kappa shape index (κ2) is 3.81. The van der Waals surface area contributed by atoms with Gasteiger partial charge in [0, 0.05) is 12.6 Å². The summed E-state index contributed by atoms with van der Waals surface area (Å²) in [6.07, 6.45) is 1.38. The van der Waals surface area contributed by atoms with Crippen molar-refractivity contribution in [2.75, 3.05) is 0 Å². The van der Waals surface area contributed by atoms with Crippen LogP contribution in [-0.4, -0.2) is 20.9 Å². The van der Waals surface area contributed by atoms with Crippen LogP contribution in [0.2, 0.25) is 0 Å². The molecule has 0 aliphatic heterocycles. The Labute approximate surface area is 93.1 Å². The normalized spacial score (nSPS) is 10.4. The third-order valence-corrected chi connectivity index (χ3v) is 2.46. The van der Waals surface area contributed by atoms with Gasteiger partial charge in [0.1, 0.15) is 5.56 Å². The molecule has 0 unspecified atom stereocenters. The van der Waals surface area contributed by atoms with E-state index in [1.54, 1.807) is 11.7 Å². The van der Waals surface area contributed by atoms with E-state index in [-0.39, 0.29) is 5.56 Å². The van der Waals surface area contributed by atoms with Gasteiger partial charge in [0.05, 0.1) is 11.9 Å². The lowest BCUT2D eigenvalue weighted by molar-refractivity contribution is 0.0697. The average Bonchev–Trinajstić information content (AvgIpc) is 2.60. The van der Waals surface area contributed by atoms with Gasteiger partial charge in [0.25, 0.3) is 0 Å². The molecular formula is C12H12N2O2. The molecule has 0 aliphatic carbocycles. The minimum absolute atomic E-state index is 0.230. The van der Waals surface area contributed by atoms with Gasteiger partial charge >= 0.3 is 5.97 Å². The number of hydrogen-bond donors (Lipinski definition) is 1. The van der Waals surface area contributed by atoms with E-state index in [9.17, 15) is 4.79 Å². The average molecular weight is 216 g/mol. The van der Waals surface area contributed by atoms with Crippen molar-refractivity contribution in [3.8, 4) is 11.3 Å². The monoisotopic (exact) mass is 216 g/mol. The molecule has 0 amide bonds. The molecule has 82 valence electrons. The summed E-state index contributed by atoms with van der Waals surface area (Å²) in [7, 11) is 1.74. The van der Waals surface area contributed by atoms with Crippen LogP contribution in [0.5, 0.6) is 0 Å². The fourth-order valence-electron chi connectivity index (χ4n) is 1.73. The Balaban J connectivity index is 2.63. The van der Waals surface area contributed by atoms with E-state index in [2.05, 4.69) is 5.10 Å². The second-order valence-electron chi connectivity index (χ2n) is 3.71. The van der Waals surface area contributed by atoms with E-state index in [0.717, 1.165) is 11.1 Å². The first-order valence-corrected chi connectivity index (χ1v) is 4.92. The van der Waals surface area contributed by atoms with E-state index in [1.807, 2.05) is 31.2 Å². The molecule has 0 aliphatic rings. The smallest absolute Gasteiger partial charge is 0.339 e. The highest BCUT2D eigenvalue weighted by molar-refractivity contribution is 5.94. The van der Waals surface area contributed by atoms with Crippen LogP contribution in [0.4, 0.5) is 0 Å². The molecule has 0 bridgehead atoms. The number of carboxylic acid groups (broad SMARTS) is 1. The van der Waals surface area contributed by atoms with Crippen LogP contribution < -0.4 is 0 Å². The van der Waals surface area contributed by atoms with Gasteiger partial charge in [-0.25, -0.2) is 4.79 Å². The van der Waals surface area contributed by atoms with Gasteiger partial charge < -0.3 is 5.11 Å². The molecule has 4 nitrogen and oxygen atoms in total. The van der Waals surface area contributed by atoms with E-state index < -0.39 is 5.97 Å². The predicted molar refractivity (Wildman–Crippen MR) is 60.3 cm³/mol. The summed E-state index contributed by atoms with van der Waals surface area (Å²) in [5, 5.41) is 13.0. The number of aryl methyl sites for hydroxylation is 2. The van der Waals surface area contributed by atoms with Crippen LogP contribution in [0.3, 0.4) is 0 Å². The molecule has 0 radical (unpaired) electrons. The molecule has 0 saturated carbocycles. The minimum atomic E-state index is -0.954. The summed E-state index contributed by atoms with van der Waals surface area (Å²) in [4.78, 5) is 11.0. The van der Waals surface area contributed by atoms with Crippen LogP contribution in [-0.2, 0) is 7.05 Å². The lowest BCUT2D eigenvalue weighted by atomic mass is 10.1. The van der Waals surface area contributed by atoms with E-state index in [1.165, 1.54) is 6.20 Å². The quantitative estimate of drug-likeness (QED) is 0.836. The maximum atomic E-state index is 11.0. The highest BCUT2D eigenvalue weighted by Crippen LogP contribution is 2.23. The Hall–Kier alpha value is -2.10. The van der Waals surface area contributed by atoms with Crippen molar-refractivity contribution < 1.29 is 9.90 Å². The van der Waals surface area contributed by atoms with Gasteiger partial charge in [-0.3, -0.25) is 4.68 Å². The Morgan fingerprint density at radius 2 is 2.19 bits per heavy atom. The molecule has 0 fully saturated rings. The summed E-state index contributed by atoms with van der Waals surface area (Å²) >= 11 is 0. The SMILES string of the molecule is Cc1cccc(-c2c(C(=O)O)cnn2C)c1. The maximum absolute atomic E-state index is 11.0. The van der Waals surface area contributed by atoms with Gasteiger partial charge in [-0.1, -0.05) is 23.8 Å². The fourth-order valence-corrected chi connectivity index (χ4v) is 1.73. The lowest BCUT2D eigenvalue weighted by Crippen LogP contribution is -2.00. The Bertz CT molecular complexity index is 544. The standard InChI is InChI=1S/C12H12N2O2/c1-8-4-3-5-9(6-8)11-10(12(15)16)7-13-14(11)2/h3-7H,1-2H3,(H,15,16). The first-order valence-electron chi connectivity index (χ1n) is 4.92. The summed E-state index contributed by atoms with van der Waals surface area (Å²) < 4.78 is 1.58. The predicted octanol–water partition coefficient (Wildman–Crippen LogP) is 2.09. The highest BCUT2D eigenvalue weighted by Gasteiger charge is 2.16. The van der Waals surface area contributed by atoms with Crippen LogP contribution in [0.15, 0.2) is 30.5 Å². The van der Waals surface area contributed by atoms with Crippen molar-refractivity contribution in [2.45, 2.75) is 6.92 Å². The van der Waals surface area contributed by atoms with E-state index >= 15 is 0 Å². The minimum Gasteiger partial charge on any atom is -0.478 e. The van der Waals surface area contributed by atoms with E-state index in [0.29, 0.717) is 5.69 Å². The molecule has 2 aromatic rings. The first-order chi connectivity index (χ1) is 7.59. The molecule has 0 atom stereocenters. The number of aromatic carboxylic acids is 1. The van der Waals surface area contributed by atoms with Crippen LogP contribution in [0.1, 0.15) is 15.9 Å². The molecule has 16 heavy (non-hydrogen) atoms. The highest BCUT2D eigenvalue weighted by atomic mass is 16.4. The Kier molecular flexibility index (Phi) is 2.48. The van der Waals surface area contributed by atoms with Gasteiger partial charge in [0.2, 0.25) is 0 Å². The number of aromatic nitrogens is 2. The first kappa shape index (κ1) is 10.4. The maximum Gasteiger partial charge on any atom is 0.339 e. The number of carboxylic acids is 1. The zero-order valence-electron chi connectivity index (χ0n) is 9.14. The van der Waals surface area contributed by atoms with Crippen LogP contribution in [0, 0.1) is 6.92 Å². The number of nitrogens with zero attached hydrogens (tertiary/aromatic N) is 2. The van der Waals surface area contributed by atoms with Crippen molar-refractivity contribution in [1.29, 1.82) is 0 Å². The number of benzene rings is 1. The fraction of sp³-hybridized carbons (Fsp3) is 0.167. The van der Waals surface area contributed by atoms with Crippen molar-refractivity contribution in [3.05, 3.63) is 41.6 Å². The molecule has 4 heteroatoms. The molecule has 1 N–H and O–H groups in total. The molecule has 1 aromatic heterocycles. The van der Waals surface area contributed by atoms with Crippen LogP contribution in [0.25, 0.3) is 11.3 Å². The van der Waals surface area contributed by atoms with Gasteiger partial charge in [-0.05, 0) is 13.0 Å². The zero-order chi connectivity index (χ0) is 11.7. The zero-order valence-corrected chi connectivity index (χ0v) is 9.14. The molecule has 2 rings (SSSR count). The molecule has 1 aromatic carbocycles. The second-order valence-corrected chi connectivity index (χ2v) is 3.71. The third-order valence-electron chi connectivity index (χ3n) is 2.46. The molecule has 0 saturated heterocycles. The summed E-state index contributed by atoms with van der Waals surface area (Å²) in [6, 6.07) is 7.71. The largest absolute Gasteiger partial charge is 0.478 e. The van der Waals surface area contributed by atoms with Gasteiger partial charge in [0.15, 0.2) is 0 Å². The van der Waals surface area contributed by atoms with Crippen molar-refractivity contribution in [2.24, 2.45) is 7.05 Å². The van der Waals surface area contributed by atoms with Crippen molar-refractivity contribution in [3.63, 3.8) is 0 Å². The van der Waals surface area contributed by atoms with Gasteiger partial charge in [-0.2, -0.15) is 5.10 Å². The van der Waals surface area contributed by atoms with Crippen LogP contribution >= 0.6 is 0 Å². The molecular weight excluding hydrogens is 204 g/mol. The number of rotatable bonds is 2. The summed E-state index contributed by atoms with van der Waals surface area (Å²) in [5.41, 5.74) is 2.83. The number of carbonyl (C=O) groups is 1. The van der Waals surface area contributed by atoms with Crippen molar-refractivity contribution >= 4 is 5.97 Å². The summed E-state index contributed by atoms with van der Waals surface area (Å²) in [6.45, 7) is 1.97.